The standard InChI is InChI=1S/C24H38ClN3O3Si/c1-9-11-14-24(6,16-31-32(7,8)23(3,4)5)28-20-18(22(29)30-10-2)21(25)27-17-13-12-15-26-19(17)20/h12-13,15H,9-11,14,16H2,1-8H3,(H,27,28). The van der Waals surface area contributed by atoms with E-state index >= 15 is 0 Å². The summed E-state index contributed by atoms with van der Waals surface area (Å²) in [5, 5.41) is 3.82. The van der Waals surface area contributed by atoms with Gasteiger partial charge < -0.3 is 14.5 Å². The molecule has 1 unspecified atom stereocenters. The lowest BCUT2D eigenvalue weighted by molar-refractivity contribution is 0.0527. The van der Waals surface area contributed by atoms with E-state index in [1.807, 2.05) is 6.07 Å². The van der Waals surface area contributed by atoms with Gasteiger partial charge in [0.05, 0.1) is 30.0 Å². The molecule has 1 N–H and O–H groups in total. The number of carbonyl (C=O) groups is 1. The number of aromatic nitrogens is 2. The molecule has 0 aromatic carbocycles. The Hall–Kier alpha value is -1.70. The first-order valence-corrected chi connectivity index (χ1v) is 14.7. The molecule has 0 saturated carbocycles. The maximum absolute atomic E-state index is 12.8. The molecule has 0 radical (unpaired) electrons. The molecule has 0 saturated heterocycles. The number of hydrogen-bond acceptors (Lipinski definition) is 6. The smallest absolute Gasteiger partial charge is 0.343 e. The molecule has 0 bridgehead atoms. The van der Waals surface area contributed by atoms with Crippen LogP contribution >= 0.6 is 11.6 Å². The Morgan fingerprint density at radius 2 is 1.91 bits per heavy atom. The van der Waals surface area contributed by atoms with Crippen LogP contribution in [0.15, 0.2) is 18.3 Å². The van der Waals surface area contributed by atoms with Crippen LogP contribution in [0.2, 0.25) is 23.3 Å². The number of anilines is 1. The zero-order valence-corrected chi connectivity index (χ0v) is 22.5. The van der Waals surface area contributed by atoms with E-state index < -0.39 is 19.8 Å². The predicted octanol–water partition coefficient (Wildman–Crippen LogP) is 6.84. The highest BCUT2D eigenvalue weighted by molar-refractivity contribution is 6.74. The van der Waals surface area contributed by atoms with Gasteiger partial charge in [0.25, 0.3) is 0 Å². The first-order chi connectivity index (χ1) is 14.8. The van der Waals surface area contributed by atoms with E-state index in [-0.39, 0.29) is 22.4 Å². The Labute approximate surface area is 198 Å². The Morgan fingerprint density at radius 1 is 1.22 bits per heavy atom. The second-order valence-corrected chi connectivity index (χ2v) is 15.2. The summed E-state index contributed by atoms with van der Waals surface area (Å²) in [7, 11) is -1.97. The van der Waals surface area contributed by atoms with Crippen LogP contribution in [0.25, 0.3) is 11.0 Å². The molecule has 0 fully saturated rings. The van der Waals surface area contributed by atoms with Crippen molar-refractivity contribution in [1.82, 2.24) is 9.97 Å². The lowest BCUT2D eigenvalue weighted by Gasteiger charge is -2.41. The first kappa shape index (κ1) is 26.5. The van der Waals surface area contributed by atoms with Gasteiger partial charge in [-0.3, -0.25) is 4.98 Å². The summed E-state index contributed by atoms with van der Waals surface area (Å²) >= 11 is 6.48. The fourth-order valence-corrected chi connectivity index (χ4v) is 4.54. The monoisotopic (exact) mass is 479 g/mol. The minimum Gasteiger partial charge on any atom is -0.462 e. The first-order valence-electron chi connectivity index (χ1n) is 11.4. The number of fused-ring (bicyclic) bond motifs is 1. The Morgan fingerprint density at radius 3 is 2.50 bits per heavy atom. The molecule has 2 heterocycles. The van der Waals surface area contributed by atoms with Crippen molar-refractivity contribution in [2.45, 2.75) is 84.5 Å². The number of hydrogen-bond donors (Lipinski definition) is 1. The van der Waals surface area contributed by atoms with Crippen molar-refractivity contribution in [3.63, 3.8) is 0 Å². The van der Waals surface area contributed by atoms with Crippen molar-refractivity contribution in [3.8, 4) is 0 Å². The summed E-state index contributed by atoms with van der Waals surface area (Å²) in [6, 6.07) is 3.64. The largest absolute Gasteiger partial charge is 0.462 e. The lowest BCUT2D eigenvalue weighted by atomic mass is 9.94. The SMILES string of the molecule is CCCCC(C)(CO[Si](C)(C)C(C)(C)C)Nc1c(C(=O)OCC)c(Cl)nc2cccnc12. The Bertz CT molecular complexity index is 946. The second kappa shape index (κ2) is 10.5. The van der Waals surface area contributed by atoms with Gasteiger partial charge >= 0.3 is 5.97 Å². The van der Waals surface area contributed by atoms with Crippen LogP contribution in [0.1, 0.15) is 71.2 Å². The molecule has 32 heavy (non-hydrogen) atoms. The summed E-state index contributed by atoms with van der Waals surface area (Å²) < 4.78 is 11.9. The molecule has 178 valence electrons. The van der Waals surface area contributed by atoms with Gasteiger partial charge in [-0.05, 0) is 50.5 Å². The molecule has 6 nitrogen and oxygen atoms in total. The van der Waals surface area contributed by atoms with Crippen LogP contribution in [0.4, 0.5) is 5.69 Å². The van der Waals surface area contributed by atoms with Crippen molar-refractivity contribution in [1.29, 1.82) is 0 Å². The molecular formula is C24H38ClN3O3Si. The molecule has 1 atom stereocenters. The number of halogens is 1. The van der Waals surface area contributed by atoms with Crippen LogP contribution < -0.4 is 5.32 Å². The summed E-state index contributed by atoms with van der Waals surface area (Å²) in [4.78, 5) is 21.7. The normalized spacial score (nSPS) is 14.3. The van der Waals surface area contributed by atoms with Crippen LogP contribution in [0.3, 0.4) is 0 Å². The van der Waals surface area contributed by atoms with E-state index in [1.165, 1.54) is 0 Å². The van der Waals surface area contributed by atoms with Gasteiger partial charge in [-0.25, -0.2) is 9.78 Å². The molecule has 2 aromatic heterocycles. The lowest BCUT2D eigenvalue weighted by Crippen LogP contribution is -2.48. The molecular weight excluding hydrogens is 442 g/mol. The summed E-state index contributed by atoms with van der Waals surface area (Å²) in [5.41, 5.74) is 1.56. The van der Waals surface area contributed by atoms with Crippen LogP contribution in [0.5, 0.6) is 0 Å². The van der Waals surface area contributed by atoms with Crippen molar-refractivity contribution in [3.05, 3.63) is 29.0 Å². The summed E-state index contributed by atoms with van der Waals surface area (Å²) in [6.45, 7) is 18.0. The summed E-state index contributed by atoms with van der Waals surface area (Å²) in [6.07, 6.45) is 4.63. The number of esters is 1. The number of pyridine rings is 2. The van der Waals surface area contributed by atoms with Crippen molar-refractivity contribution < 1.29 is 14.0 Å². The highest BCUT2D eigenvalue weighted by atomic mass is 35.5. The minimum absolute atomic E-state index is 0.100. The van der Waals surface area contributed by atoms with E-state index in [0.29, 0.717) is 23.3 Å². The highest BCUT2D eigenvalue weighted by Gasteiger charge is 2.39. The number of unbranched alkanes of at least 4 members (excludes halogenated alkanes) is 1. The van der Waals surface area contributed by atoms with Gasteiger partial charge in [-0.1, -0.05) is 52.1 Å². The van der Waals surface area contributed by atoms with Gasteiger partial charge in [-0.2, -0.15) is 0 Å². The van der Waals surface area contributed by atoms with Crippen molar-refractivity contribution in [2.24, 2.45) is 0 Å². The minimum atomic E-state index is -1.97. The molecule has 8 heteroatoms. The number of rotatable bonds is 10. The maximum Gasteiger partial charge on any atom is 0.343 e. The average Bonchev–Trinajstić information content (AvgIpc) is 2.70. The Balaban J connectivity index is 2.55. The maximum atomic E-state index is 12.8. The molecule has 2 aromatic rings. The zero-order chi connectivity index (χ0) is 24.2. The van der Waals surface area contributed by atoms with Gasteiger partial charge in [0, 0.05) is 6.20 Å². The average molecular weight is 480 g/mol. The van der Waals surface area contributed by atoms with E-state index in [0.717, 1.165) is 19.3 Å². The number of ether oxygens (including phenoxy) is 1. The van der Waals surface area contributed by atoms with Gasteiger partial charge in [0.2, 0.25) is 0 Å². The predicted molar refractivity (Wildman–Crippen MR) is 135 cm³/mol. The summed E-state index contributed by atoms with van der Waals surface area (Å²) in [5.74, 6) is -0.511. The van der Waals surface area contributed by atoms with Gasteiger partial charge in [-0.15, -0.1) is 0 Å². The highest BCUT2D eigenvalue weighted by Crippen LogP contribution is 2.39. The number of carbonyl (C=O) groups excluding carboxylic acids is 1. The van der Waals surface area contributed by atoms with Crippen LogP contribution in [0, 0.1) is 0 Å². The molecule has 0 amide bonds. The molecule has 0 aliphatic rings. The molecule has 0 aliphatic heterocycles. The van der Waals surface area contributed by atoms with Crippen LogP contribution in [-0.2, 0) is 9.16 Å². The molecule has 0 aliphatic carbocycles. The van der Waals surface area contributed by atoms with E-state index in [2.05, 4.69) is 63.0 Å². The van der Waals surface area contributed by atoms with Crippen molar-refractivity contribution in [2.75, 3.05) is 18.5 Å². The van der Waals surface area contributed by atoms with Crippen LogP contribution in [-0.4, -0.2) is 43.0 Å². The third-order valence-corrected chi connectivity index (χ3v) is 11.0. The fourth-order valence-electron chi connectivity index (χ4n) is 3.17. The number of nitrogens with one attached hydrogen (secondary N) is 1. The zero-order valence-electron chi connectivity index (χ0n) is 20.8. The van der Waals surface area contributed by atoms with E-state index in [1.54, 1.807) is 19.2 Å². The quantitative estimate of drug-likeness (QED) is 0.228. The number of nitrogens with zero attached hydrogens (tertiary/aromatic N) is 2. The fraction of sp³-hybridized carbons (Fsp3) is 0.625. The van der Waals surface area contributed by atoms with Gasteiger partial charge in [0.15, 0.2) is 8.32 Å². The van der Waals surface area contributed by atoms with Crippen molar-refractivity contribution >= 4 is 42.6 Å². The topological polar surface area (TPSA) is 73.3 Å². The third kappa shape index (κ3) is 6.20. The Kier molecular flexibility index (Phi) is 8.70. The molecule has 0 spiro atoms. The molecule has 2 rings (SSSR count). The van der Waals surface area contributed by atoms with E-state index in [9.17, 15) is 4.79 Å². The van der Waals surface area contributed by atoms with E-state index in [4.69, 9.17) is 20.8 Å². The third-order valence-electron chi connectivity index (χ3n) is 6.24. The second-order valence-electron chi connectivity index (χ2n) is 10.1. The van der Waals surface area contributed by atoms with Gasteiger partial charge in [0.1, 0.15) is 16.2 Å².